The van der Waals surface area contributed by atoms with Crippen molar-refractivity contribution in [1.82, 2.24) is 0 Å². The highest BCUT2D eigenvalue weighted by Crippen LogP contribution is 2.36. The van der Waals surface area contributed by atoms with E-state index in [4.69, 9.17) is 14.6 Å². The smallest absolute Gasteiger partial charge is 0.419 e. The van der Waals surface area contributed by atoms with Gasteiger partial charge in [-0.25, -0.2) is 0 Å². The Labute approximate surface area is 110 Å². The Morgan fingerprint density at radius 3 is 2.42 bits per heavy atom. The summed E-state index contributed by atoms with van der Waals surface area (Å²) in [6.45, 7) is 3.48. The van der Waals surface area contributed by atoms with Crippen molar-refractivity contribution in [2.75, 3.05) is 13.2 Å². The van der Waals surface area contributed by atoms with Crippen LogP contribution in [0, 0.1) is 0 Å². The molecule has 0 aliphatic rings. The monoisotopic (exact) mass is 278 g/mol. The Kier molecular flexibility index (Phi) is 5.62. The van der Waals surface area contributed by atoms with Gasteiger partial charge >= 0.3 is 6.18 Å². The maximum atomic E-state index is 12.8. The summed E-state index contributed by atoms with van der Waals surface area (Å²) in [4.78, 5) is 0. The van der Waals surface area contributed by atoms with Gasteiger partial charge in [-0.05, 0) is 31.5 Å². The van der Waals surface area contributed by atoms with Crippen LogP contribution in [-0.2, 0) is 17.5 Å². The van der Waals surface area contributed by atoms with Crippen LogP contribution in [0.4, 0.5) is 13.2 Å². The van der Waals surface area contributed by atoms with E-state index < -0.39 is 18.3 Å². The minimum Gasteiger partial charge on any atom is -0.491 e. The summed E-state index contributed by atoms with van der Waals surface area (Å²) in [5.74, 6) is -0.253. The van der Waals surface area contributed by atoms with Crippen molar-refractivity contribution in [2.45, 2.75) is 32.7 Å². The molecule has 0 unspecified atom stereocenters. The molecule has 0 aliphatic heterocycles. The number of rotatable bonds is 6. The molecule has 1 rings (SSSR count). The van der Waals surface area contributed by atoms with E-state index in [-0.39, 0.29) is 30.6 Å². The highest BCUT2D eigenvalue weighted by molar-refractivity contribution is 5.39. The molecule has 0 amide bonds. The van der Waals surface area contributed by atoms with E-state index in [0.717, 1.165) is 6.07 Å². The second-order valence-corrected chi connectivity index (χ2v) is 4.25. The molecular weight excluding hydrogens is 261 g/mol. The second-order valence-electron chi connectivity index (χ2n) is 4.25. The maximum Gasteiger partial charge on any atom is 0.419 e. The topological polar surface area (TPSA) is 38.7 Å². The lowest BCUT2D eigenvalue weighted by molar-refractivity contribution is -0.139. The van der Waals surface area contributed by atoms with Gasteiger partial charge in [-0.3, -0.25) is 0 Å². The number of benzene rings is 1. The summed E-state index contributed by atoms with van der Waals surface area (Å²) >= 11 is 0. The summed E-state index contributed by atoms with van der Waals surface area (Å²) in [7, 11) is 0. The zero-order valence-electron chi connectivity index (χ0n) is 10.8. The van der Waals surface area contributed by atoms with Crippen LogP contribution in [0.25, 0.3) is 0 Å². The van der Waals surface area contributed by atoms with Gasteiger partial charge in [0.2, 0.25) is 0 Å². The largest absolute Gasteiger partial charge is 0.491 e. The Hall–Kier alpha value is -1.27. The number of aliphatic hydroxyl groups excluding tert-OH is 1. The average molecular weight is 278 g/mol. The van der Waals surface area contributed by atoms with E-state index >= 15 is 0 Å². The maximum absolute atomic E-state index is 12.8. The van der Waals surface area contributed by atoms with Gasteiger partial charge in [0, 0.05) is 0 Å². The van der Waals surface area contributed by atoms with Gasteiger partial charge in [-0.2, -0.15) is 13.2 Å². The van der Waals surface area contributed by atoms with E-state index in [1.54, 1.807) is 0 Å². The molecule has 3 nitrogen and oxygen atoms in total. The quantitative estimate of drug-likeness (QED) is 0.813. The van der Waals surface area contributed by atoms with Crippen LogP contribution >= 0.6 is 0 Å². The highest BCUT2D eigenvalue weighted by Gasteiger charge is 2.34. The zero-order valence-corrected chi connectivity index (χ0v) is 10.8. The number of hydrogen-bond acceptors (Lipinski definition) is 3. The van der Waals surface area contributed by atoms with Crippen LogP contribution in [0.1, 0.15) is 25.0 Å². The summed E-state index contributed by atoms with van der Waals surface area (Å²) < 4.78 is 48.7. The van der Waals surface area contributed by atoms with Crippen LogP contribution < -0.4 is 4.74 Å². The van der Waals surface area contributed by atoms with E-state index in [9.17, 15) is 13.2 Å². The minimum atomic E-state index is -4.51. The molecular formula is C13H17F3O3. The van der Waals surface area contributed by atoms with Gasteiger partial charge in [0.15, 0.2) is 0 Å². The molecule has 108 valence electrons. The predicted octanol–water partition coefficient (Wildman–Crippen LogP) is 3.00. The molecule has 1 N–H and O–H groups in total. The van der Waals surface area contributed by atoms with Crippen LogP contribution in [0.15, 0.2) is 18.2 Å². The average Bonchev–Trinajstić information content (AvgIpc) is 2.33. The van der Waals surface area contributed by atoms with Crippen molar-refractivity contribution in [2.24, 2.45) is 0 Å². The van der Waals surface area contributed by atoms with E-state index in [2.05, 4.69) is 0 Å². The molecule has 0 saturated carbocycles. The van der Waals surface area contributed by atoms with Crippen LogP contribution in [0.2, 0.25) is 0 Å². The summed E-state index contributed by atoms with van der Waals surface area (Å²) in [6.07, 6.45) is -4.51. The Balaban J connectivity index is 2.76. The first-order valence-corrected chi connectivity index (χ1v) is 5.90. The molecule has 1 aromatic carbocycles. The summed E-state index contributed by atoms with van der Waals surface area (Å²) in [5.41, 5.74) is -0.693. The van der Waals surface area contributed by atoms with Crippen LogP contribution in [-0.4, -0.2) is 24.4 Å². The number of halogens is 3. The Morgan fingerprint density at radius 2 is 1.89 bits per heavy atom. The van der Waals surface area contributed by atoms with Gasteiger partial charge in [0.05, 0.1) is 24.9 Å². The van der Waals surface area contributed by atoms with Crippen molar-refractivity contribution in [3.8, 4) is 5.75 Å². The molecule has 6 heteroatoms. The lowest BCUT2D eigenvalue weighted by Gasteiger charge is -2.15. The van der Waals surface area contributed by atoms with Gasteiger partial charge in [0.25, 0.3) is 0 Å². The van der Waals surface area contributed by atoms with Crippen molar-refractivity contribution in [1.29, 1.82) is 0 Å². The minimum absolute atomic E-state index is 0.00227. The van der Waals surface area contributed by atoms with Crippen molar-refractivity contribution < 1.29 is 27.8 Å². The van der Waals surface area contributed by atoms with Crippen molar-refractivity contribution in [3.05, 3.63) is 29.3 Å². The van der Waals surface area contributed by atoms with Crippen molar-refractivity contribution in [3.63, 3.8) is 0 Å². The number of ether oxygens (including phenoxy) is 2. The fraction of sp³-hybridized carbons (Fsp3) is 0.538. The first-order chi connectivity index (χ1) is 8.84. The van der Waals surface area contributed by atoms with Crippen molar-refractivity contribution >= 4 is 0 Å². The van der Waals surface area contributed by atoms with Gasteiger partial charge < -0.3 is 14.6 Å². The third-order valence-corrected chi connectivity index (χ3v) is 2.32. The molecule has 19 heavy (non-hydrogen) atoms. The zero-order chi connectivity index (χ0) is 14.5. The Morgan fingerprint density at radius 1 is 1.21 bits per heavy atom. The predicted molar refractivity (Wildman–Crippen MR) is 63.9 cm³/mol. The number of aliphatic hydroxyl groups is 1. The summed E-state index contributed by atoms with van der Waals surface area (Å²) in [6, 6.07) is 3.50. The second kappa shape index (κ2) is 6.77. The van der Waals surface area contributed by atoms with E-state index in [1.165, 1.54) is 12.1 Å². The number of alkyl halides is 3. The molecule has 0 aromatic heterocycles. The first-order valence-electron chi connectivity index (χ1n) is 5.90. The molecule has 0 atom stereocenters. The molecule has 0 aliphatic carbocycles. The fourth-order valence-corrected chi connectivity index (χ4v) is 1.46. The first kappa shape index (κ1) is 15.8. The normalized spacial score (nSPS) is 11.9. The lowest BCUT2D eigenvalue weighted by atomic mass is 10.1. The van der Waals surface area contributed by atoms with E-state index in [0.29, 0.717) is 0 Å². The standard InChI is InChI=1S/C13H17F3O3/c1-9(2)18-5-6-19-12-4-3-10(8-17)7-11(12)13(14,15)16/h3-4,7,9,17H,5-6,8H2,1-2H3. The third kappa shape index (κ3) is 5.08. The molecule has 0 saturated heterocycles. The molecule has 0 heterocycles. The number of hydrogen-bond donors (Lipinski definition) is 1. The van der Waals surface area contributed by atoms with Crippen LogP contribution in [0.3, 0.4) is 0 Å². The molecule has 0 radical (unpaired) electrons. The molecule has 0 spiro atoms. The summed E-state index contributed by atoms with van der Waals surface area (Å²) in [5, 5.41) is 8.87. The third-order valence-electron chi connectivity index (χ3n) is 2.32. The molecule has 0 bridgehead atoms. The van der Waals surface area contributed by atoms with Crippen LogP contribution in [0.5, 0.6) is 5.75 Å². The SMILES string of the molecule is CC(C)OCCOc1ccc(CO)cc1C(F)(F)F. The highest BCUT2D eigenvalue weighted by atomic mass is 19.4. The molecule has 0 fully saturated rings. The lowest BCUT2D eigenvalue weighted by Crippen LogP contribution is -2.14. The van der Waals surface area contributed by atoms with Gasteiger partial charge in [-0.15, -0.1) is 0 Å². The van der Waals surface area contributed by atoms with E-state index in [1.807, 2.05) is 13.8 Å². The Bertz CT molecular complexity index is 403. The van der Waals surface area contributed by atoms with Gasteiger partial charge in [0.1, 0.15) is 12.4 Å². The van der Waals surface area contributed by atoms with Gasteiger partial charge in [-0.1, -0.05) is 6.07 Å². The molecule has 1 aromatic rings. The fourth-order valence-electron chi connectivity index (χ4n) is 1.46.